The van der Waals surface area contributed by atoms with Crippen LogP contribution in [0.25, 0.3) is 0 Å². The molecule has 0 amide bonds. The van der Waals surface area contributed by atoms with Crippen molar-refractivity contribution in [2.24, 2.45) is 0 Å². The second kappa shape index (κ2) is 3.23. The fourth-order valence-corrected chi connectivity index (χ4v) is 0.984. The van der Waals surface area contributed by atoms with Gasteiger partial charge in [0, 0.05) is 19.7 Å². The SMILES string of the molecule is CCC(=O)c1cccn1NC. The van der Waals surface area contributed by atoms with Crippen molar-refractivity contribution in [3.63, 3.8) is 0 Å². The highest BCUT2D eigenvalue weighted by molar-refractivity contribution is 5.94. The van der Waals surface area contributed by atoms with E-state index in [0.717, 1.165) is 5.69 Å². The van der Waals surface area contributed by atoms with Crippen molar-refractivity contribution in [1.29, 1.82) is 0 Å². The molecule has 1 aromatic rings. The Morgan fingerprint density at radius 3 is 3.00 bits per heavy atom. The number of aromatic nitrogens is 1. The lowest BCUT2D eigenvalue weighted by molar-refractivity contribution is 0.0980. The van der Waals surface area contributed by atoms with Gasteiger partial charge in [-0.05, 0) is 12.1 Å². The van der Waals surface area contributed by atoms with E-state index < -0.39 is 0 Å². The molecule has 0 spiro atoms. The molecular weight excluding hydrogens is 140 g/mol. The van der Waals surface area contributed by atoms with Gasteiger partial charge in [0.2, 0.25) is 0 Å². The highest BCUT2D eigenvalue weighted by atomic mass is 16.1. The Hall–Kier alpha value is -1.25. The topological polar surface area (TPSA) is 34.0 Å². The van der Waals surface area contributed by atoms with Gasteiger partial charge >= 0.3 is 0 Å². The molecule has 0 unspecified atom stereocenters. The Morgan fingerprint density at radius 1 is 1.73 bits per heavy atom. The first kappa shape index (κ1) is 7.85. The summed E-state index contributed by atoms with van der Waals surface area (Å²) in [5.41, 5.74) is 3.60. The van der Waals surface area contributed by atoms with Gasteiger partial charge in [0.15, 0.2) is 5.78 Å². The van der Waals surface area contributed by atoms with Gasteiger partial charge in [-0.1, -0.05) is 6.92 Å². The summed E-state index contributed by atoms with van der Waals surface area (Å²) in [6.45, 7) is 1.86. The van der Waals surface area contributed by atoms with Gasteiger partial charge in [0.05, 0.1) is 0 Å². The van der Waals surface area contributed by atoms with Crippen molar-refractivity contribution < 1.29 is 4.79 Å². The van der Waals surface area contributed by atoms with Crippen LogP contribution in [0.15, 0.2) is 18.3 Å². The summed E-state index contributed by atoms with van der Waals surface area (Å²) in [4.78, 5) is 11.2. The van der Waals surface area contributed by atoms with Crippen LogP contribution in [0.2, 0.25) is 0 Å². The van der Waals surface area contributed by atoms with Crippen LogP contribution in [0.4, 0.5) is 0 Å². The average molecular weight is 152 g/mol. The molecule has 3 heteroatoms. The smallest absolute Gasteiger partial charge is 0.180 e. The van der Waals surface area contributed by atoms with Crippen molar-refractivity contribution in [3.05, 3.63) is 24.0 Å². The van der Waals surface area contributed by atoms with Gasteiger partial charge in [-0.25, -0.2) is 0 Å². The van der Waals surface area contributed by atoms with E-state index in [-0.39, 0.29) is 5.78 Å². The van der Waals surface area contributed by atoms with Crippen molar-refractivity contribution in [3.8, 4) is 0 Å². The molecule has 0 fully saturated rings. The summed E-state index contributed by atoms with van der Waals surface area (Å²) >= 11 is 0. The van der Waals surface area contributed by atoms with E-state index in [9.17, 15) is 4.79 Å². The number of Topliss-reactive ketones (excluding diaryl/α,β-unsaturated/α-hetero) is 1. The second-order valence-electron chi connectivity index (χ2n) is 2.26. The van der Waals surface area contributed by atoms with Crippen molar-refractivity contribution in [2.45, 2.75) is 13.3 Å². The highest BCUT2D eigenvalue weighted by Gasteiger charge is 2.06. The summed E-state index contributed by atoms with van der Waals surface area (Å²) in [5, 5.41) is 0. The van der Waals surface area contributed by atoms with Crippen molar-refractivity contribution >= 4 is 5.78 Å². The van der Waals surface area contributed by atoms with Crippen LogP contribution in [0.5, 0.6) is 0 Å². The van der Waals surface area contributed by atoms with E-state index in [4.69, 9.17) is 0 Å². The van der Waals surface area contributed by atoms with Crippen LogP contribution in [0.3, 0.4) is 0 Å². The largest absolute Gasteiger partial charge is 0.329 e. The molecule has 0 saturated carbocycles. The van der Waals surface area contributed by atoms with Crippen LogP contribution in [-0.2, 0) is 0 Å². The minimum Gasteiger partial charge on any atom is -0.329 e. The lowest BCUT2D eigenvalue weighted by atomic mass is 10.2. The molecule has 0 atom stereocenters. The molecule has 1 heterocycles. The monoisotopic (exact) mass is 152 g/mol. The maximum absolute atomic E-state index is 11.2. The lowest BCUT2D eigenvalue weighted by Crippen LogP contribution is -2.14. The van der Waals surface area contributed by atoms with Crippen molar-refractivity contribution in [1.82, 2.24) is 4.68 Å². The van der Waals surface area contributed by atoms with E-state index in [2.05, 4.69) is 5.43 Å². The van der Waals surface area contributed by atoms with Gasteiger partial charge in [0.25, 0.3) is 0 Å². The Bertz CT molecular complexity index is 252. The van der Waals surface area contributed by atoms with E-state index in [1.807, 2.05) is 25.3 Å². The number of carbonyl (C=O) groups excluding carboxylic acids is 1. The molecule has 0 aliphatic rings. The number of rotatable bonds is 3. The van der Waals surface area contributed by atoms with Crippen LogP contribution in [0, 0.1) is 0 Å². The van der Waals surface area contributed by atoms with E-state index in [1.54, 1.807) is 11.7 Å². The zero-order chi connectivity index (χ0) is 8.27. The van der Waals surface area contributed by atoms with E-state index >= 15 is 0 Å². The quantitative estimate of drug-likeness (QED) is 0.661. The standard InChI is InChI=1S/C8H12N2O/c1-3-8(11)7-5-4-6-10(7)9-2/h4-6,9H,3H2,1-2H3. The second-order valence-corrected chi connectivity index (χ2v) is 2.26. The fraction of sp³-hybridized carbons (Fsp3) is 0.375. The molecule has 0 aliphatic heterocycles. The third kappa shape index (κ3) is 1.42. The minimum absolute atomic E-state index is 0.157. The number of nitrogens with zero attached hydrogens (tertiary/aromatic N) is 1. The first-order chi connectivity index (χ1) is 5.29. The van der Waals surface area contributed by atoms with Crippen LogP contribution < -0.4 is 5.43 Å². The third-order valence-electron chi connectivity index (χ3n) is 1.60. The maximum atomic E-state index is 11.2. The van der Waals surface area contributed by atoms with Crippen LogP contribution in [0.1, 0.15) is 23.8 Å². The van der Waals surface area contributed by atoms with Gasteiger partial charge in [-0.15, -0.1) is 0 Å². The highest BCUT2D eigenvalue weighted by Crippen LogP contribution is 2.02. The molecule has 1 rings (SSSR count). The predicted molar refractivity (Wildman–Crippen MR) is 44.3 cm³/mol. The third-order valence-corrected chi connectivity index (χ3v) is 1.60. The van der Waals surface area contributed by atoms with Crippen LogP contribution in [-0.4, -0.2) is 17.5 Å². The molecule has 0 aromatic carbocycles. The predicted octanol–water partition coefficient (Wildman–Crippen LogP) is 1.25. The Morgan fingerprint density at radius 2 is 2.45 bits per heavy atom. The molecule has 0 bridgehead atoms. The summed E-state index contributed by atoms with van der Waals surface area (Å²) in [6, 6.07) is 3.65. The van der Waals surface area contributed by atoms with Gasteiger partial charge < -0.3 is 5.43 Å². The summed E-state index contributed by atoms with van der Waals surface area (Å²) in [6.07, 6.45) is 2.37. The van der Waals surface area contributed by atoms with Crippen LogP contribution >= 0.6 is 0 Å². The Kier molecular flexibility index (Phi) is 2.31. The fourth-order valence-electron chi connectivity index (χ4n) is 0.984. The van der Waals surface area contributed by atoms with Gasteiger partial charge in [0.1, 0.15) is 5.69 Å². The van der Waals surface area contributed by atoms with Crippen molar-refractivity contribution in [2.75, 3.05) is 12.5 Å². The molecule has 1 aromatic heterocycles. The molecule has 0 aliphatic carbocycles. The number of hydrogen-bond donors (Lipinski definition) is 1. The zero-order valence-corrected chi connectivity index (χ0v) is 6.79. The Labute approximate surface area is 66.0 Å². The first-order valence-electron chi connectivity index (χ1n) is 3.68. The average Bonchev–Trinajstić information content (AvgIpc) is 2.50. The first-order valence-corrected chi connectivity index (χ1v) is 3.68. The summed E-state index contributed by atoms with van der Waals surface area (Å²) in [7, 11) is 1.78. The molecule has 11 heavy (non-hydrogen) atoms. The normalized spacial score (nSPS) is 9.64. The number of ketones is 1. The van der Waals surface area contributed by atoms with E-state index in [1.165, 1.54) is 0 Å². The van der Waals surface area contributed by atoms with Gasteiger partial charge in [-0.3, -0.25) is 9.47 Å². The molecule has 1 N–H and O–H groups in total. The van der Waals surface area contributed by atoms with E-state index in [0.29, 0.717) is 6.42 Å². The maximum Gasteiger partial charge on any atom is 0.180 e. The summed E-state index contributed by atoms with van der Waals surface area (Å²) in [5.74, 6) is 0.157. The number of carbonyl (C=O) groups is 1. The summed E-state index contributed by atoms with van der Waals surface area (Å²) < 4.78 is 1.71. The Balaban J connectivity index is 2.92. The molecule has 3 nitrogen and oxygen atoms in total. The minimum atomic E-state index is 0.157. The molecule has 60 valence electrons. The lowest BCUT2D eigenvalue weighted by Gasteiger charge is -2.04. The molecule has 0 radical (unpaired) electrons. The number of nitrogens with one attached hydrogen (secondary N) is 1. The molecule has 0 saturated heterocycles. The molecular formula is C8H12N2O. The van der Waals surface area contributed by atoms with Gasteiger partial charge in [-0.2, -0.15) is 0 Å². The zero-order valence-electron chi connectivity index (χ0n) is 6.79. The number of hydrogen-bond acceptors (Lipinski definition) is 2.